The molecule has 0 aromatic heterocycles. The summed E-state index contributed by atoms with van der Waals surface area (Å²) in [4.78, 5) is 0. The first kappa shape index (κ1) is 13.6. The standard InChI is InChI=1S/C14H21NO2S/c1-10(15-18(16)14(2,3)4)12-6-5-11-7-8-17-13(11)9-12/h5-6,9-10,15H,7-8H2,1-4H3/t10-,18+/m0/s1. The Bertz CT molecular complexity index is 465. The molecule has 18 heavy (non-hydrogen) atoms. The largest absolute Gasteiger partial charge is 0.493 e. The molecular weight excluding hydrogens is 246 g/mol. The van der Waals surface area contributed by atoms with Crippen molar-refractivity contribution in [2.24, 2.45) is 0 Å². The molecule has 1 aliphatic heterocycles. The first-order valence-corrected chi connectivity index (χ1v) is 7.46. The van der Waals surface area contributed by atoms with Gasteiger partial charge in [-0.3, -0.25) is 0 Å². The van der Waals surface area contributed by atoms with Gasteiger partial charge in [-0.2, -0.15) is 0 Å². The molecule has 2 rings (SSSR count). The van der Waals surface area contributed by atoms with Gasteiger partial charge in [0.2, 0.25) is 0 Å². The van der Waals surface area contributed by atoms with Gasteiger partial charge in [-0.15, -0.1) is 0 Å². The molecule has 1 aromatic rings. The van der Waals surface area contributed by atoms with E-state index in [-0.39, 0.29) is 10.8 Å². The van der Waals surface area contributed by atoms with E-state index < -0.39 is 11.0 Å². The molecule has 0 radical (unpaired) electrons. The molecule has 1 N–H and O–H groups in total. The van der Waals surface area contributed by atoms with E-state index in [1.54, 1.807) is 0 Å². The van der Waals surface area contributed by atoms with Crippen LogP contribution in [0.3, 0.4) is 0 Å². The first-order valence-electron chi connectivity index (χ1n) is 6.31. The van der Waals surface area contributed by atoms with Gasteiger partial charge in [0.15, 0.2) is 0 Å². The molecule has 4 heteroatoms. The molecule has 1 aromatic carbocycles. The topological polar surface area (TPSA) is 38.3 Å². The summed E-state index contributed by atoms with van der Waals surface area (Å²) in [5, 5.41) is 0. The zero-order valence-corrected chi connectivity index (χ0v) is 12.3. The Morgan fingerprint density at radius 2 is 2.11 bits per heavy atom. The molecule has 0 unspecified atom stereocenters. The van der Waals surface area contributed by atoms with Gasteiger partial charge in [0.1, 0.15) is 5.75 Å². The predicted molar refractivity (Wildman–Crippen MR) is 75.1 cm³/mol. The smallest absolute Gasteiger partial charge is 0.122 e. The second kappa shape index (κ2) is 5.02. The van der Waals surface area contributed by atoms with Gasteiger partial charge in [0, 0.05) is 12.5 Å². The van der Waals surface area contributed by atoms with E-state index in [1.807, 2.05) is 27.7 Å². The number of fused-ring (bicyclic) bond motifs is 1. The highest BCUT2D eigenvalue weighted by Gasteiger charge is 2.22. The number of nitrogens with one attached hydrogen (secondary N) is 1. The molecule has 0 saturated heterocycles. The maximum absolute atomic E-state index is 12.1. The van der Waals surface area contributed by atoms with Crippen LogP contribution in [0.4, 0.5) is 0 Å². The van der Waals surface area contributed by atoms with Crippen molar-refractivity contribution in [1.82, 2.24) is 4.72 Å². The van der Waals surface area contributed by atoms with Crippen LogP contribution in [-0.4, -0.2) is 15.6 Å². The van der Waals surface area contributed by atoms with Gasteiger partial charge in [0.25, 0.3) is 0 Å². The highest BCUT2D eigenvalue weighted by molar-refractivity contribution is 7.84. The lowest BCUT2D eigenvalue weighted by molar-refractivity contribution is 0.356. The Morgan fingerprint density at radius 3 is 2.78 bits per heavy atom. The number of ether oxygens (including phenoxy) is 1. The second-order valence-corrected chi connectivity index (χ2v) is 7.68. The average Bonchev–Trinajstić information content (AvgIpc) is 2.74. The summed E-state index contributed by atoms with van der Waals surface area (Å²) in [5.74, 6) is 0.975. The first-order chi connectivity index (χ1) is 8.38. The number of benzene rings is 1. The number of hydrogen-bond acceptors (Lipinski definition) is 2. The maximum atomic E-state index is 12.1. The minimum absolute atomic E-state index is 0.0551. The molecule has 1 heterocycles. The van der Waals surface area contributed by atoms with Crippen molar-refractivity contribution >= 4 is 11.0 Å². The van der Waals surface area contributed by atoms with E-state index in [4.69, 9.17) is 4.74 Å². The Hall–Kier alpha value is -0.870. The zero-order valence-electron chi connectivity index (χ0n) is 11.4. The molecule has 0 fully saturated rings. The minimum Gasteiger partial charge on any atom is -0.493 e. The van der Waals surface area contributed by atoms with Crippen molar-refractivity contribution in [1.29, 1.82) is 0 Å². The Balaban J connectivity index is 2.10. The van der Waals surface area contributed by atoms with Crippen molar-refractivity contribution in [2.45, 2.75) is 44.9 Å². The van der Waals surface area contributed by atoms with Crippen molar-refractivity contribution < 1.29 is 8.95 Å². The fourth-order valence-electron chi connectivity index (χ4n) is 1.86. The molecule has 0 bridgehead atoms. The van der Waals surface area contributed by atoms with Gasteiger partial charge >= 0.3 is 0 Å². The second-order valence-electron chi connectivity index (χ2n) is 5.69. The lowest BCUT2D eigenvalue weighted by Gasteiger charge is -2.22. The van der Waals surface area contributed by atoms with E-state index in [9.17, 15) is 4.21 Å². The van der Waals surface area contributed by atoms with E-state index in [1.165, 1.54) is 5.56 Å². The van der Waals surface area contributed by atoms with Crippen LogP contribution in [0.1, 0.15) is 44.9 Å². The van der Waals surface area contributed by atoms with E-state index in [2.05, 4.69) is 22.9 Å². The summed E-state index contributed by atoms with van der Waals surface area (Å²) >= 11 is 0. The van der Waals surface area contributed by atoms with Crippen molar-refractivity contribution in [3.63, 3.8) is 0 Å². The summed E-state index contributed by atoms with van der Waals surface area (Å²) in [6, 6.07) is 6.31. The molecule has 0 aliphatic carbocycles. The summed E-state index contributed by atoms with van der Waals surface area (Å²) in [6.07, 6.45) is 0.991. The van der Waals surface area contributed by atoms with Crippen molar-refractivity contribution in [3.05, 3.63) is 29.3 Å². The number of rotatable bonds is 3. The van der Waals surface area contributed by atoms with Crippen LogP contribution in [0.5, 0.6) is 5.75 Å². The molecule has 0 saturated carbocycles. The van der Waals surface area contributed by atoms with Crippen LogP contribution in [0.25, 0.3) is 0 Å². The third-order valence-corrected chi connectivity index (χ3v) is 4.74. The summed E-state index contributed by atoms with van der Waals surface area (Å²) in [6.45, 7) is 8.70. The molecule has 0 spiro atoms. The monoisotopic (exact) mass is 267 g/mol. The highest BCUT2D eigenvalue weighted by Crippen LogP contribution is 2.29. The SMILES string of the molecule is C[C@H](N[S@](=O)C(C)(C)C)c1ccc2c(c1)OCC2. The van der Waals surface area contributed by atoms with Crippen LogP contribution in [0, 0.1) is 0 Å². The van der Waals surface area contributed by atoms with E-state index in [0.717, 1.165) is 24.3 Å². The fraction of sp³-hybridized carbons (Fsp3) is 0.571. The fourth-order valence-corrected chi connectivity index (χ4v) is 2.67. The summed E-state index contributed by atoms with van der Waals surface area (Å²) < 4.78 is 20.5. The van der Waals surface area contributed by atoms with Crippen molar-refractivity contribution in [2.75, 3.05) is 6.61 Å². The van der Waals surface area contributed by atoms with E-state index >= 15 is 0 Å². The minimum atomic E-state index is -1.06. The number of hydrogen-bond donors (Lipinski definition) is 1. The molecule has 3 nitrogen and oxygen atoms in total. The Morgan fingerprint density at radius 1 is 1.39 bits per heavy atom. The quantitative estimate of drug-likeness (QED) is 0.914. The van der Waals surface area contributed by atoms with Gasteiger partial charge in [-0.05, 0) is 44.9 Å². The average molecular weight is 267 g/mol. The van der Waals surface area contributed by atoms with Gasteiger partial charge in [-0.1, -0.05) is 12.1 Å². The molecule has 1 aliphatic rings. The van der Waals surface area contributed by atoms with Gasteiger partial charge in [0.05, 0.1) is 22.3 Å². The zero-order chi connectivity index (χ0) is 13.3. The lowest BCUT2D eigenvalue weighted by Crippen LogP contribution is -2.34. The van der Waals surface area contributed by atoms with Crippen LogP contribution in [0.2, 0.25) is 0 Å². The third kappa shape index (κ3) is 2.93. The van der Waals surface area contributed by atoms with Crippen LogP contribution in [-0.2, 0) is 17.4 Å². The third-order valence-electron chi connectivity index (χ3n) is 3.06. The van der Waals surface area contributed by atoms with E-state index in [0.29, 0.717) is 0 Å². The van der Waals surface area contributed by atoms with Crippen LogP contribution in [0.15, 0.2) is 18.2 Å². The predicted octanol–water partition coefficient (Wildman–Crippen LogP) is 2.73. The van der Waals surface area contributed by atoms with Gasteiger partial charge in [-0.25, -0.2) is 8.93 Å². The van der Waals surface area contributed by atoms with Crippen LogP contribution >= 0.6 is 0 Å². The lowest BCUT2D eigenvalue weighted by atomic mass is 10.1. The van der Waals surface area contributed by atoms with Crippen LogP contribution < -0.4 is 9.46 Å². The summed E-state index contributed by atoms with van der Waals surface area (Å²) in [7, 11) is -1.06. The van der Waals surface area contributed by atoms with Crippen molar-refractivity contribution in [3.8, 4) is 5.75 Å². The Kier molecular flexibility index (Phi) is 3.78. The molecule has 100 valence electrons. The van der Waals surface area contributed by atoms with Gasteiger partial charge < -0.3 is 4.74 Å². The highest BCUT2D eigenvalue weighted by atomic mass is 32.2. The molecule has 0 amide bonds. The Labute approximate surface area is 112 Å². The molecule has 2 atom stereocenters. The summed E-state index contributed by atoms with van der Waals surface area (Å²) in [5.41, 5.74) is 2.39. The molecular formula is C14H21NO2S. The maximum Gasteiger partial charge on any atom is 0.122 e. The normalized spacial score (nSPS) is 18.0.